The summed E-state index contributed by atoms with van der Waals surface area (Å²) in [5.41, 5.74) is 1.88. The molecule has 0 atom stereocenters. The molecule has 0 radical (unpaired) electrons. The Kier molecular flexibility index (Phi) is 8.03. The summed E-state index contributed by atoms with van der Waals surface area (Å²) in [6, 6.07) is 11.9. The maximum atomic E-state index is 12.3. The number of carbonyl (C=O) groups is 2. The molecule has 8 heteroatoms. The van der Waals surface area contributed by atoms with E-state index in [-0.39, 0.29) is 24.9 Å². The number of anilines is 2. The van der Waals surface area contributed by atoms with Crippen LogP contribution < -0.4 is 15.5 Å². The van der Waals surface area contributed by atoms with Gasteiger partial charge in [0.05, 0.1) is 26.3 Å². The fourth-order valence-electron chi connectivity index (χ4n) is 3.16. The number of ether oxygens (including phenoxy) is 1. The van der Waals surface area contributed by atoms with Crippen LogP contribution in [-0.2, 0) is 20.7 Å². The number of rotatable bonds is 9. The highest BCUT2D eigenvalue weighted by atomic mass is 32.1. The molecule has 7 nitrogen and oxygen atoms in total. The van der Waals surface area contributed by atoms with E-state index in [4.69, 9.17) is 4.74 Å². The maximum absolute atomic E-state index is 12.3. The molecule has 2 amide bonds. The van der Waals surface area contributed by atoms with E-state index in [1.165, 1.54) is 4.88 Å². The van der Waals surface area contributed by atoms with Crippen molar-refractivity contribution < 1.29 is 14.3 Å². The van der Waals surface area contributed by atoms with Gasteiger partial charge in [0.15, 0.2) is 0 Å². The topological polar surface area (TPSA) is 73.9 Å². The Morgan fingerprint density at radius 1 is 1.10 bits per heavy atom. The first-order valence-corrected chi connectivity index (χ1v) is 10.7. The van der Waals surface area contributed by atoms with Crippen molar-refractivity contribution in [3.05, 3.63) is 46.7 Å². The molecule has 2 N–H and O–H groups in total. The van der Waals surface area contributed by atoms with Crippen molar-refractivity contribution in [3.63, 3.8) is 0 Å². The minimum Gasteiger partial charge on any atom is -0.378 e. The molecular formula is C21H28N4O3S. The molecule has 156 valence electrons. The summed E-state index contributed by atoms with van der Waals surface area (Å²) in [6.45, 7) is 4.20. The Balaban J connectivity index is 1.36. The molecule has 29 heavy (non-hydrogen) atoms. The summed E-state index contributed by atoms with van der Waals surface area (Å²) in [4.78, 5) is 29.5. The summed E-state index contributed by atoms with van der Waals surface area (Å²) in [5.74, 6) is -0.218. The summed E-state index contributed by atoms with van der Waals surface area (Å²) < 4.78 is 5.37. The van der Waals surface area contributed by atoms with Gasteiger partial charge in [-0.3, -0.25) is 14.5 Å². The fourth-order valence-corrected chi connectivity index (χ4v) is 3.87. The molecular weight excluding hydrogens is 388 g/mol. The molecule has 2 aromatic rings. The van der Waals surface area contributed by atoms with Gasteiger partial charge in [-0.1, -0.05) is 6.07 Å². The lowest BCUT2D eigenvalue weighted by atomic mass is 10.2. The predicted molar refractivity (Wildman–Crippen MR) is 117 cm³/mol. The van der Waals surface area contributed by atoms with E-state index < -0.39 is 0 Å². The molecule has 1 saturated heterocycles. The minimum atomic E-state index is -0.141. The summed E-state index contributed by atoms with van der Waals surface area (Å²) in [5, 5.41) is 7.80. The van der Waals surface area contributed by atoms with Crippen LogP contribution in [0.25, 0.3) is 0 Å². The number of carbonyl (C=O) groups excluding carboxylic acids is 2. The van der Waals surface area contributed by atoms with Crippen LogP contribution in [0.3, 0.4) is 0 Å². The zero-order chi connectivity index (χ0) is 20.5. The summed E-state index contributed by atoms with van der Waals surface area (Å²) >= 11 is 1.68. The molecule has 0 spiro atoms. The number of benzene rings is 1. The SMILES string of the molecule is CN(CC(=O)NCCc1cccs1)CC(=O)Nc1ccc(N2CCOCC2)cc1. The van der Waals surface area contributed by atoms with Gasteiger partial charge in [0, 0.05) is 35.9 Å². The lowest BCUT2D eigenvalue weighted by Crippen LogP contribution is -2.39. The smallest absolute Gasteiger partial charge is 0.238 e. The highest BCUT2D eigenvalue weighted by Crippen LogP contribution is 2.19. The standard InChI is InChI=1S/C21H28N4O3S/c1-24(15-20(26)22-9-8-19-3-2-14-29-19)16-21(27)23-17-4-6-18(7-5-17)25-10-12-28-13-11-25/h2-7,14H,8-13,15-16H2,1H3,(H,22,26)(H,23,27). The molecule has 3 rings (SSSR count). The van der Waals surface area contributed by atoms with Crippen LogP contribution in [0.2, 0.25) is 0 Å². The Morgan fingerprint density at radius 3 is 2.52 bits per heavy atom. The highest BCUT2D eigenvalue weighted by Gasteiger charge is 2.13. The van der Waals surface area contributed by atoms with Crippen molar-refractivity contribution in [1.82, 2.24) is 10.2 Å². The summed E-state index contributed by atoms with van der Waals surface area (Å²) in [6.07, 6.45) is 0.827. The monoisotopic (exact) mass is 416 g/mol. The van der Waals surface area contributed by atoms with Crippen LogP contribution in [0.1, 0.15) is 4.88 Å². The first-order valence-electron chi connectivity index (χ1n) is 9.80. The van der Waals surface area contributed by atoms with Crippen LogP contribution >= 0.6 is 11.3 Å². The third-order valence-electron chi connectivity index (χ3n) is 4.63. The first kappa shape index (κ1) is 21.3. The van der Waals surface area contributed by atoms with Crippen molar-refractivity contribution in [2.45, 2.75) is 6.42 Å². The van der Waals surface area contributed by atoms with Gasteiger partial charge in [0.25, 0.3) is 0 Å². The molecule has 2 heterocycles. The molecule has 0 aliphatic carbocycles. The normalized spacial score (nSPS) is 14.1. The molecule has 1 aromatic carbocycles. The Labute approximate surface area is 175 Å². The van der Waals surface area contributed by atoms with Gasteiger partial charge in [0.1, 0.15) is 0 Å². The van der Waals surface area contributed by atoms with Crippen molar-refractivity contribution in [1.29, 1.82) is 0 Å². The van der Waals surface area contributed by atoms with Gasteiger partial charge < -0.3 is 20.3 Å². The lowest BCUT2D eigenvalue weighted by molar-refractivity contribution is -0.122. The zero-order valence-electron chi connectivity index (χ0n) is 16.7. The molecule has 1 aliphatic heterocycles. The van der Waals surface area contributed by atoms with Gasteiger partial charge in [-0.25, -0.2) is 0 Å². The number of hydrogen-bond acceptors (Lipinski definition) is 6. The summed E-state index contributed by atoms with van der Waals surface area (Å²) in [7, 11) is 1.76. The van der Waals surface area contributed by atoms with Crippen LogP contribution in [0.15, 0.2) is 41.8 Å². The molecule has 1 aliphatic rings. The van der Waals surface area contributed by atoms with E-state index in [1.807, 2.05) is 35.7 Å². The Morgan fingerprint density at radius 2 is 1.83 bits per heavy atom. The van der Waals surface area contributed by atoms with Gasteiger partial charge in [-0.05, 0) is 49.2 Å². The number of amides is 2. The third kappa shape index (κ3) is 7.16. The largest absolute Gasteiger partial charge is 0.378 e. The van der Waals surface area contributed by atoms with Gasteiger partial charge in [-0.2, -0.15) is 0 Å². The number of nitrogens with one attached hydrogen (secondary N) is 2. The Bertz CT molecular complexity index is 774. The first-order chi connectivity index (χ1) is 14.1. The molecule has 0 bridgehead atoms. The van der Waals surface area contributed by atoms with Crippen molar-refractivity contribution >= 4 is 34.5 Å². The van der Waals surface area contributed by atoms with E-state index >= 15 is 0 Å². The fraction of sp³-hybridized carbons (Fsp3) is 0.429. The highest BCUT2D eigenvalue weighted by molar-refractivity contribution is 7.09. The molecule has 1 aromatic heterocycles. The van der Waals surface area contributed by atoms with E-state index in [1.54, 1.807) is 23.3 Å². The molecule has 0 saturated carbocycles. The number of morpholine rings is 1. The van der Waals surface area contributed by atoms with Gasteiger partial charge in [0.2, 0.25) is 11.8 Å². The molecule has 1 fully saturated rings. The van der Waals surface area contributed by atoms with Gasteiger partial charge in [-0.15, -0.1) is 11.3 Å². The van der Waals surface area contributed by atoms with E-state index in [0.717, 1.165) is 44.1 Å². The lowest BCUT2D eigenvalue weighted by Gasteiger charge is -2.28. The van der Waals surface area contributed by atoms with Crippen LogP contribution in [0.5, 0.6) is 0 Å². The van der Waals surface area contributed by atoms with Crippen molar-refractivity contribution in [3.8, 4) is 0 Å². The Hall–Kier alpha value is -2.42. The second-order valence-electron chi connectivity index (χ2n) is 7.05. The van der Waals surface area contributed by atoms with E-state index in [9.17, 15) is 9.59 Å². The predicted octanol–water partition coefficient (Wildman–Crippen LogP) is 1.81. The van der Waals surface area contributed by atoms with Crippen LogP contribution in [-0.4, -0.2) is 69.7 Å². The van der Waals surface area contributed by atoms with Crippen LogP contribution in [0, 0.1) is 0 Å². The van der Waals surface area contributed by atoms with Crippen LogP contribution in [0.4, 0.5) is 11.4 Å². The second-order valence-corrected chi connectivity index (χ2v) is 8.08. The quantitative estimate of drug-likeness (QED) is 0.652. The number of hydrogen-bond donors (Lipinski definition) is 2. The average molecular weight is 417 g/mol. The maximum Gasteiger partial charge on any atom is 0.238 e. The molecule has 0 unspecified atom stereocenters. The van der Waals surface area contributed by atoms with E-state index in [0.29, 0.717) is 6.54 Å². The van der Waals surface area contributed by atoms with Crippen molar-refractivity contribution in [2.75, 3.05) is 63.2 Å². The number of thiophene rings is 1. The van der Waals surface area contributed by atoms with Crippen molar-refractivity contribution in [2.24, 2.45) is 0 Å². The number of likely N-dealkylation sites (N-methyl/N-ethyl adjacent to an activating group) is 1. The minimum absolute atomic E-state index is 0.0771. The van der Waals surface area contributed by atoms with E-state index in [2.05, 4.69) is 21.6 Å². The number of nitrogens with zero attached hydrogens (tertiary/aromatic N) is 2. The zero-order valence-corrected chi connectivity index (χ0v) is 17.5. The third-order valence-corrected chi connectivity index (χ3v) is 5.56. The average Bonchev–Trinajstić information content (AvgIpc) is 3.22. The van der Waals surface area contributed by atoms with Gasteiger partial charge >= 0.3 is 0 Å². The second kappa shape index (κ2) is 10.9.